The number of carbonyl (C=O) groups excluding carboxylic acids is 1. The van der Waals surface area contributed by atoms with Gasteiger partial charge in [0.15, 0.2) is 0 Å². The van der Waals surface area contributed by atoms with E-state index in [-0.39, 0.29) is 11.8 Å². The van der Waals surface area contributed by atoms with Crippen LogP contribution in [0.5, 0.6) is 0 Å². The molecule has 2 aromatic rings. The van der Waals surface area contributed by atoms with Crippen LogP contribution in [0.1, 0.15) is 36.9 Å². The van der Waals surface area contributed by atoms with Gasteiger partial charge in [-0.2, -0.15) is 0 Å². The summed E-state index contributed by atoms with van der Waals surface area (Å²) < 4.78 is 0. The summed E-state index contributed by atoms with van der Waals surface area (Å²) in [6.07, 6.45) is 12.6. The normalized spacial score (nSPS) is 21.9. The molecule has 0 saturated carbocycles. The number of nitrogens with one attached hydrogen (secondary N) is 2. The van der Waals surface area contributed by atoms with Crippen LogP contribution in [0.15, 0.2) is 37.1 Å². The molecule has 2 aliphatic heterocycles. The van der Waals surface area contributed by atoms with E-state index in [4.69, 9.17) is 0 Å². The molecular formula is C22H32N6O. The van der Waals surface area contributed by atoms with Crippen LogP contribution in [0.25, 0.3) is 0 Å². The van der Waals surface area contributed by atoms with Crippen molar-refractivity contribution in [2.24, 2.45) is 5.92 Å². The van der Waals surface area contributed by atoms with Crippen molar-refractivity contribution in [2.45, 2.75) is 44.7 Å². The highest BCUT2D eigenvalue weighted by molar-refractivity contribution is 5.78. The van der Waals surface area contributed by atoms with Gasteiger partial charge in [-0.1, -0.05) is 6.07 Å². The molecule has 2 aliphatic rings. The Morgan fingerprint density at radius 3 is 2.83 bits per heavy atom. The Balaban J connectivity index is 1.20. The van der Waals surface area contributed by atoms with Gasteiger partial charge in [0, 0.05) is 56.4 Å². The van der Waals surface area contributed by atoms with E-state index in [1.165, 1.54) is 18.4 Å². The first-order chi connectivity index (χ1) is 14.3. The number of H-pyrrole nitrogens is 1. The maximum absolute atomic E-state index is 12.6. The van der Waals surface area contributed by atoms with E-state index in [0.29, 0.717) is 12.6 Å². The lowest BCUT2D eigenvalue weighted by Gasteiger charge is -2.42. The van der Waals surface area contributed by atoms with Gasteiger partial charge in [-0.05, 0) is 56.9 Å². The fourth-order valence-electron chi connectivity index (χ4n) is 4.63. The highest BCUT2D eigenvalue weighted by Gasteiger charge is 2.31. The smallest absolute Gasteiger partial charge is 0.224 e. The highest BCUT2D eigenvalue weighted by Crippen LogP contribution is 2.24. The van der Waals surface area contributed by atoms with Crippen molar-refractivity contribution in [1.82, 2.24) is 30.1 Å². The summed E-state index contributed by atoms with van der Waals surface area (Å²) in [5.41, 5.74) is 2.35. The first-order valence-electron chi connectivity index (χ1n) is 10.9. The molecular weight excluding hydrogens is 364 g/mol. The summed E-state index contributed by atoms with van der Waals surface area (Å²) in [7, 11) is 0. The first kappa shape index (κ1) is 20.0. The Bertz CT molecular complexity index is 742. The zero-order valence-corrected chi connectivity index (χ0v) is 17.1. The quantitative estimate of drug-likeness (QED) is 0.747. The minimum atomic E-state index is 0.124. The number of nitrogens with zero attached hydrogens (tertiary/aromatic N) is 4. The number of hydrogen-bond donors (Lipinski definition) is 2. The van der Waals surface area contributed by atoms with E-state index in [2.05, 4.69) is 36.1 Å². The number of amides is 1. The molecule has 0 spiro atoms. The molecule has 29 heavy (non-hydrogen) atoms. The lowest BCUT2D eigenvalue weighted by molar-refractivity contribution is -0.127. The van der Waals surface area contributed by atoms with Crippen molar-refractivity contribution in [1.29, 1.82) is 0 Å². The topological polar surface area (TPSA) is 77.2 Å². The molecule has 7 heteroatoms. The molecule has 4 heterocycles. The van der Waals surface area contributed by atoms with E-state index >= 15 is 0 Å². The van der Waals surface area contributed by atoms with Crippen molar-refractivity contribution < 1.29 is 4.79 Å². The Morgan fingerprint density at radius 1 is 1.17 bits per heavy atom. The third kappa shape index (κ3) is 5.64. The Labute approximate surface area is 172 Å². The summed E-state index contributed by atoms with van der Waals surface area (Å²) in [5, 5.41) is 3.12. The Kier molecular flexibility index (Phi) is 6.90. The molecule has 1 atom stereocenters. The number of rotatable bonds is 7. The number of aromatic nitrogens is 3. The van der Waals surface area contributed by atoms with Gasteiger partial charge < -0.3 is 10.3 Å². The maximum atomic E-state index is 12.6. The van der Waals surface area contributed by atoms with Gasteiger partial charge in [0.05, 0.1) is 12.2 Å². The third-order valence-electron chi connectivity index (χ3n) is 6.27. The summed E-state index contributed by atoms with van der Waals surface area (Å²) >= 11 is 0. The second kappa shape index (κ2) is 9.98. The molecule has 1 amide bonds. The molecule has 2 fully saturated rings. The van der Waals surface area contributed by atoms with Gasteiger partial charge in [-0.15, -0.1) is 0 Å². The van der Waals surface area contributed by atoms with Crippen LogP contribution < -0.4 is 5.32 Å². The zero-order chi connectivity index (χ0) is 19.9. The van der Waals surface area contributed by atoms with E-state index < -0.39 is 0 Å². The van der Waals surface area contributed by atoms with E-state index in [9.17, 15) is 4.79 Å². The zero-order valence-electron chi connectivity index (χ0n) is 17.1. The summed E-state index contributed by atoms with van der Waals surface area (Å²) in [4.78, 5) is 29.1. The van der Waals surface area contributed by atoms with Crippen molar-refractivity contribution in [3.05, 3.63) is 48.3 Å². The number of imidazole rings is 1. The van der Waals surface area contributed by atoms with Gasteiger partial charge in [0.1, 0.15) is 0 Å². The number of hydrogen-bond acceptors (Lipinski definition) is 5. The largest absolute Gasteiger partial charge is 0.355 e. The van der Waals surface area contributed by atoms with Crippen molar-refractivity contribution in [3.8, 4) is 0 Å². The van der Waals surface area contributed by atoms with Crippen LogP contribution in [0.2, 0.25) is 0 Å². The number of pyridine rings is 1. The van der Waals surface area contributed by atoms with Crippen LogP contribution in [0.3, 0.4) is 0 Å². The van der Waals surface area contributed by atoms with Crippen LogP contribution >= 0.6 is 0 Å². The van der Waals surface area contributed by atoms with Gasteiger partial charge >= 0.3 is 0 Å². The molecule has 2 aromatic heterocycles. The predicted molar refractivity (Wildman–Crippen MR) is 112 cm³/mol. The number of piperidine rings is 2. The fraction of sp³-hybridized carbons (Fsp3) is 0.591. The average Bonchev–Trinajstić information content (AvgIpc) is 3.29. The van der Waals surface area contributed by atoms with Gasteiger partial charge in [-0.3, -0.25) is 19.6 Å². The molecule has 2 N–H and O–H groups in total. The second-order valence-electron chi connectivity index (χ2n) is 8.32. The Morgan fingerprint density at radius 2 is 2.07 bits per heavy atom. The monoisotopic (exact) mass is 396 g/mol. The van der Waals surface area contributed by atoms with Crippen molar-refractivity contribution in [3.63, 3.8) is 0 Å². The van der Waals surface area contributed by atoms with Crippen LogP contribution in [-0.4, -0.2) is 69.4 Å². The first-order valence-corrected chi connectivity index (χ1v) is 10.9. The molecule has 4 rings (SSSR count). The summed E-state index contributed by atoms with van der Waals surface area (Å²) in [6.45, 7) is 5.94. The molecule has 7 nitrogen and oxygen atoms in total. The van der Waals surface area contributed by atoms with Crippen LogP contribution in [0.4, 0.5) is 0 Å². The minimum Gasteiger partial charge on any atom is -0.355 e. The van der Waals surface area contributed by atoms with Crippen LogP contribution in [0, 0.1) is 5.92 Å². The second-order valence-corrected chi connectivity index (χ2v) is 8.32. The van der Waals surface area contributed by atoms with E-state index in [1.54, 1.807) is 6.33 Å². The number of likely N-dealkylation sites (tertiary alicyclic amines) is 2. The molecule has 0 bridgehead atoms. The summed E-state index contributed by atoms with van der Waals surface area (Å²) in [6, 6.07) is 4.77. The standard InChI is InChI=1S/C22H32N6O/c29-22(25-9-5-20-14-24-17-26-20)19-4-2-10-28(16-19)21-6-11-27(12-7-21)15-18-3-1-8-23-13-18/h1,3,8,13-14,17,19,21H,2,4-7,9-12,15-16H2,(H,24,26)(H,25,29)/t19-/m1/s1. The van der Waals surface area contributed by atoms with Crippen LogP contribution in [-0.2, 0) is 17.8 Å². The molecule has 2 saturated heterocycles. The maximum Gasteiger partial charge on any atom is 0.224 e. The lowest BCUT2D eigenvalue weighted by Crippen LogP contribution is -2.50. The summed E-state index contributed by atoms with van der Waals surface area (Å²) in [5.74, 6) is 0.335. The van der Waals surface area contributed by atoms with E-state index in [1.807, 2.05) is 24.7 Å². The Hall–Kier alpha value is -2.25. The molecule has 0 unspecified atom stereocenters. The SMILES string of the molecule is O=C(NCCc1cnc[nH]1)[C@@H]1CCCN(C2CCN(Cc3cccnc3)CC2)C1. The van der Waals surface area contributed by atoms with Gasteiger partial charge in [0.2, 0.25) is 5.91 Å². The molecule has 156 valence electrons. The fourth-order valence-corrected chi connectivity index (χ4v) is 4.63. The van der Waals surface area contributed by atoms with Crippen molar-refractivity contribution >= 4 is 5.91 Å². The van der Waals surface area contributed by atoms with E-state index in [0.717, 1.165) is 57.7 Å². The van der Waals surface area contributed by atoms with Crippen molar-refractivity contribution in [2.75, 3.05) is 32.7 Å². The predicted octanol–water partition coefficient (Wildman–Crippen LogP) is 1.84. The van der Waals surface area contributed by atoms with Gasteiger partial charge in [-0.25, -0.2) is 4.98 Å². The minimum absolute atomic E-state index is 0.124. The van der Waals surface area contributed by atoms with Gasteiger partial charge in [0.25, 0.3) is 0 Å². The number of carbonyl (C=O) groups is 1. The third-order valence-corrected chi connectivity index (χ3v) is 6.27. The average molecular weight is 397 g/mol. The molecule has 0 aliphatic carbocycles. The highest BCUT2D eigenvalue weighted by atomic mass is 16.1. The molecule has 0 aromatic carbocycles. The lowest BCUT2D eigenvalue weighted by atomic mass is 9.93. The molecule has 0 radical (unpaired) electrons. The number of aromatic amines is 1.